The van der Waals surface area contributed by atoms with Gasteiger partial charge in [0.05, 0.1) is 10.5 Å². The van der Waals surface area contributed by atoms with Crippen LogP contribution in [-0.2, 0) is 10.0 Å². The van der Waals surface area contributed by atoms with E-state index in [1.54, 1.807) is 19.1 Å². The number of carbonyl (C=O) groups is 1. The number of anilines is 1. The molecule has 4 rings (SSSR count). The van der Waals surface area contributed by atoms with E-state index in [1.165, 1.54) is 18.2 Å². The lowest BCUT2D eigenvalue weighted by molar-refractivity contribution is 0.0696. The zero-order valence-corrected chi connectivity index (χ0v) is 17.0. The van der Waals surface area contributed by atoms with Gasteiger partial charge in [-0.2, -0.15) is 0 Å². The van der Waals surface area contributed by atoms with Crippen LogP contribution in [0.25, 0.3) is 21.9 Å². The molecule has 4 aromatic carbocycles. The third kappa shape index (κ3) is 3.77. The third-order valence-corrected chi connectivity index (χ3v) is 6.37. The van der Waals surface area contributed by atoms with E-state index in [0.29, 0.717) is 11.3 Å². The van der Waals surface area contributed by atoms with Crippen molar-refractivity contribution in [3.05, 3.63) is 96.1 Å². The molecular weight excluding hydrogens is 398 g/mol. The van der Waals surface area contributed by atoms with E-state index in [1.807, 2.05) is 48.5 Å². The van der Waals surface area contributed by atoms with Crippen molar-refractivity contribution in [1.82, 2.24) is 0 Å². The lowest BCUT2D eigenvalue weighted by Crippen LogP contribution is -2.14. The number of aromatic carboxylic acids is 1. The number of fused-ring (bicyclic) bond motifs is 1. The van der Waals surface area contributed by atoms with Crippen LogP contribution in [0.2, 0.25) is 0 Å². The maximum absolute atomic E-state index is 12.7. The average molecular weight is 417 g/mol. The first-order valence-electron chi connectivity index (χ1n) is 9.30. The summed E-state index contributed by atoms with van der Waals surface area (Å²) < 4.78 is 27.9. The second-order valence-electron chi connectivity index (χ2n) is 6.99. The standard InChI is InChI=1S/C24H19NO4S/c1-16-9-14-20(15-23(16)24(26)27)30(28,29)25-19-12-10-18(11-13-19)22-8-4-6-17-5-2-3-7-21(17)22/h2-15,25H,1H3,(H,26,27). The maximum Gasteiger partial charge on any atom is 0.335 e. The van der Waals surface area contributed by atoms with Crippen molar-refractivity contribution in [3.8, 4) is 11.1 Å². The van der Waals surface area contributed by atoms with Crippen LogP contribution >= 0.6 is 0 Å². The average Bonchev–Trinajstić information content (AvgIpc) is 2.73. The summed E-state index contributed by atoms with van der Waals surface area (Å²) in [5.74, 6) is -1.16. The number of carboxylic acid groups (broad SMARTS) is 1. The van der Waals surface area contributed by atoms with Crippen LogP contribution in [0.15, 0.2) is 89.8 Å². The summed E-state index contributed by atoms with van der Waals surface area (Å²) in [6, 6.07) is 25.3. The van der Waals surface area contributed by atoms with Crippen molar-refractivity contribution in [2.75, 3.05) is 4.72 Å². The number of hydrogen-bond donors (Lipinski definition) is 2. The maximum atomic E-state index is 12.7. The first kappa shape index (κ1) is 19.7. The van der Waals surface area contributed by atoms with Gasteiger partial charge in [-0.3, -0.25) is 4.72 Å². The largest absolute Gasteiger partial charge is 0.478 e. The van der Waals surface area contributed by atoms with Crippen molar-refractivity contribution in [2.45, 2.75) is 11.8 Å². The van der Waals surface area contributed by atoms with Gasteiger partial charge in [-0.25, -0.2) is 13.2 Å². The lowest BCUT2D eigenvalue weighted by Gasteiger charge is -2.11. The quantitative estimate of drug-likeness (QED) is 0.461. The molecule has 0 atom stereocenters. The van der Waals surface area contributed by atoms with Crippen molar-refractivity contribution < 1.29 is 18.3 Å². The van der Waals surface area contributed by atoms with Gasteiger partial charge < -0.3 is 5.11 Å². The number of nitrogens with one attached hydrogen (secondary N) is 1. The highest BCUT2D eigenvalue weighted by Gasteiger charge is 2.18. The van der Waals surface area contributed by atoms with Gasteiger partial charge in [0.1, 0.15) is 0 Å². The molecule has 30 heavy (non-hydrogen) atoms. The molecule has 0 aliphatic rings. The molecule has 0 aliphatic heterocycles. The molecule has 0 bridgehead atoms. The second kappa shape index (κ2) is 7.65. The summed E-state index contributed by atoms with van der Waals surface area (Å²) in [6.45, 7) is 1.62. The van der Waals surface area contributed by atoms with Crippen LogP contribution in [0, 0.1) is 6.92 Å². The topological polar surface area (TPSA) is 83.5 Å². The highest BCUT2D eigenvalue weighted by atomic mass is 32.2. The summed E-state index contributed by atoms with van der Waals surface area (Å²) in [6.07, 6.45) is 0. The van der Waals surface area contributed by atoms with Gasteiger partial charge in [0, 0.05) is 5.69 Å². The molecule has 150 valence electrons. The van der Waals surface area contributed by atoms with E-state index >= 15 is 0 Å². The van der Waals surface area contributed by atoms with Crippen LogP contribution in [0.5, 0.6) is 0 Å². The van der Waals surface area contributed by atoms with Crippen molar-refractivity contribution in [3.63, 3.8) is 0 Å². The summed E-state index contributed by atoms with van der Waals surface area (Å²) >= 11 is 0. The van der Waals surface area contributed by atoms with Crippen LogP contribution in [-0.4, -0.2) is 19.5 Å². The fraction of sp³-hybridized carbons (Fsp3) is 0.0417. The van der Waals surface area contributed by atoms with E-state index < -0.39 is 16.0 Å². The number of sulfonamides is 1. The molecule has 0 fully saturated rings. The zero-order valence-electron chi connectivity index (χ0n) is 16.2. The Labute approximate surface area is 174 Å². The van der Waals surface area contributed by atoms with E-state index in [-0.39, 0.29) is 10.5 Å². The van der Waals surface area contributed by atoms with Crippen molar-refractivity contribution in [1.29, 1.82) is 0 Å². The summed E-state index contributed by atoms with van der Waals surface area (Å²) in [4.78, 5) is 11.2. The normalized spacial score (nSPS) is 11.4. The van der Waals surface area contributed by atoms with Crippen molar-refractivity contribution >= 4 is 32.5 Å². The minimum absolute atomic E-state index is 0.0378. The molecule has 0 unspecified atom stereocenters. The Bertz CT molecular complexity index is 1350. The second-order valence-corrected chi connectivity index (χ2v) is 8.67. The Morgan fingerprint density at radius 1 is 0.867 bits per heavy atom. The van der Waals surface area contributed by atoms with Crippen molar-refractivity contribution in [2.24, 2.45) is 0 Å². The molecule has 0 heterocycles. The molecule has 0 saturated carbocycles. The van der Waals surface area contributed by atoms with Gasteiger partial charge in [0.2, 0.25) is 0 Å². The monoisotopic (exact) mass is 417 g/mol. The Morgan fingerprint density at radius 2 is 1.57 bits per heavy atom. The first-order valence-corrected chi connectivity index (χ1v) is 10.8. The van der Waals surface area contributed by atoms with Crippen LogP contribution in [0.3, 0.4) is 0 Å². The van der Waals surface area contributed by atoms with E-state index in [4.69, 9.17) is 0 Å². The van der Waals surface area contributed by atoms with Gasteiger partial charge in [0.25, 0.3) is 10.0 Å². The summed E-state index contributed by atoms with van der Waals surface area (Å²) in [7, 11) is -3.91. The zero-order chi connectivity index (χ0) is 21.3. The molecule has 0 spiro atoms. The molecule has 0 saturated heterocycles. The molecule has 0 radical (unpaired) electrons. The third-order valence-electron chi connectivity index (χ3n) is 4.99. The summed E-state index contributed by atoms with van der Waals surface area (Å²) in [5.41, 5.74) is 2.90. The van der Waals surface area contributed by atoms with E-state index in [0.717, 1.165) is 21.9 Å². The highest BCUT2D eigenvalue weighted by Crippen LogP contribution is 2.30. The molecule has 4 aromatic rings. The van der Waals surface area contributed by atoms with Gasteiger partial charge in [-0.15, -0.1) is 0 Å². The smallest absolute Gasteiger partial charge is 0.335 e. The highest BCUT2D eigenvalue weighted by molar-refractivity contribution is 7.92. The SMILES string of the molecule is Cc1ccc(S(=O)(=O)Nc2ccc(-c3cccc4ccccc34)cc2)cc1C(=O)O. The van der Waals surface area contributed by atoms with Gasteiger partial charge in [-0.05, 0) is 58.7 Å². The lowest BCUT2D eigenvalue weighted by atomic mass is 9.98. The van der Waals surface area contributed by atoms with E-state index in [2.05, 4.69) is 10.8 Å². The first-order chi connectivity index (χ1) is 14.3. The minimum atomic E-state index is -3.91. The van der Waals surface area contributed by atoms with Crippen LogP contribution in [0.4, 0.5) is 5.69 Å². The van der Waals surface area contributed by atoms with Gasteiger partial charge >= 0.3 is 5.97 Å². The molecule has 0 aliphatic carbocycles. The predicted molar refractivity (Wildman–Crippen MR) is 118 cm³/mol. The molecule has 2 N–H and O–H groups in total. The molecule has 0 amide bonds. The van der Waals surface area contributed by atoms with Gasteiger partial charge in [0.15, 0.2) is 0 Å². The molecule has 6 heteroatoms. The molecule has 5 nitrogen and oxygen atoms in total. The Kier molecular flexibility index (Phi) is 5.01. The van der Waals surface area contributed by atoms with E-state index in [9.17, 15) is 18.3 Å². The fourth-order valence-corrected chi connectivity index (χ4v) is 4.49. The number of aryl methyl sites for hydroxylation is 1. The van der Waals surface area contributed by atoms with Crippen LogP contribution < -0.4 is 4.72 Å². The Balaban J connectivity index is 1.64. The summed E-state index contributed by atoms with van der Waals surface area (Å²) in [5, 5.41) is 11.5. The number of rotatable bonds is 5. The molecular formula is C24H19NO4S. The Morgan fingerprint density at radius 3 is 2.30 bits per heavy atom. The predicted octanol–water partition coefficient (Wildman–Crippen LogP) is 5.31. The van der Waals surface area contributed by atoms with Crippen LogP contribution in [0.1, 0.15) is 15.9 Å². The minimum Gasteiger partial charge on any atom is -0.478 e. The number of hydrogen-bond acceptors (Lipinski definition) is 3. The molecule has 0 aromatic heterocycles. The Hall–Kier alpha value is -3.64. The number of carboxylic acids is 1. The van der Waals surface area contributed by atoms with Gasteiger partial charge in [-0.1, -0.05) is 60.7 Å². The fourth-order valence-electron chi connectivity index (χ4n) is 3.41. The number of benzene rings is 4.